The molecule has 1 aliphatic rings. The molecule has 4 heteroatoms. The van der Waals surface area contributed by atoms with Gasteiger partial charge < -0.3 is 10.5 Å². The van der Waals surface area contributed by atoms with Crippen LogP contribution in [0.1, 0.15) is 18.5 Å². The summed E-state index contributed by atoms with van der Waals surface area (Å²) in [6.45, 7) is 4.29. The van der Waals surface area contributed by atoms with Gasteiger partial charge in [-0.25, -0.2) is 0 Å². The Morgan fingerprint density at radius 1 is 1.28 bits per heavy atom. The number of nitrogens with zero attached hydrogens (tertiary/aromatic N) is 1. The molecule has 18 heavy (non-hydrogen) atoms. The summed E-state index contributed by atoms with van der Waals surface area (Å²) in [6, 6.07) is 8.57. The molecule has 1 fully saturated rings. The lowest BCUT2D eigenvalue weighted by Gasteiger charge is -2.37. The molecular weight excluding hydrogens is 244 g/mol. The summed E-state index contributed by atoms with van der Waals surface area (Å²) in [5.74, 6) is 3.33. The Labute approximate surface area is 114 Å². The largest absolute Gasteiger partial charge is 0.496 e. The lowest BCUT2D eigenvalue weighted by atomic mass is 9.98. The van der Waals surface area contributed by atoms with Crippen molar-refractivity contribution in [3.63, 3.8) is 0 Å². The average molecular weight is 266 g/mol. The number of hydrogen-bond acceptors (Lipinski definition) is 4. The Bertz CT molecular complexity index is 378. The van der Waals surface area contributed by atoms with Gasteiger partial charge >= 0.3 is 0 Å². The van der Waals surface area contributed by atoms with Gasteiger partial charge in [0, 0.05) is 36.2 Å². The van der Waals surface area contributed by atoms with Crippen molar-refractivity contribution < 1.29 is 4.74 Å². The summed E-state index contributed by atoms with van der Waals surface area (Å²) in [7, 11) is 1.73. The summed E-state index contributed by atoms with van der Waals surface area (Å²) >= 11 is 2.02. The van der Waals surface area contributed by atoms with Crippen LogP contribution in [-0.2, 0) is 0 Å². The molecule has 2 atom stereocenters. The number of methoxy groups -OCH3 is 1. The molecule has 1 aliphatic heterocycles. The maximum atomic E-state index is 6.22. The van der Waals surface area contributed by atoms with Crippen LogP contribution in [0.25, 0.3) is 0 Å². The molecule has 2 rings (SSSR count). The minimum atomic E-state index is 0.101. The van der Waals surface area contributed by atoms with E-state index in [0.29, 0.717) is 0 Å². The predicted octanol–water partition coefficient (Wildman–Crippen LogP) is 2.13. The van der Waals surface area contributed by atoms with Crippen molar-refractivity contribution in [2.24, 2.45) is 5.73 Å². The molecule has 1 heterocycles. The van der Waals surface area contributed by atoms with Crippen LogP contribution in [0.2, 0.25) is 0 Å². The van der Waals surface area contributed by atoms with E-state index in [9.17, 15) is 0 Å². The zero-order valence-electron chi connectivity index (χ0n) is 11.1. The van der Waals surface area contributed by atoms with Crippen LogP contribution in [0.5, 0.6) is 5.75 Å². The number of ether oxygens (including phenoxy) is 1. The van der Waals surface area contributed by atoms with Gasteiger partial charge in [-0.3, -0.25) is 4.90 Å². The molecule has 0 aromatic heterocycles. The molecule has 0 aliphatic carbocycles. The molecule has 100 valence electrons. The van der Waals surface area contributed by atoms with Crippen molar-refractivity contribution in [1.29, 1.82) is 0 Å². The number of hydrogen-bond donors (Lipinski definition) is 1. The monoisotopic (exact) mass is 266 g/mol. The fraction of sp³-hybridized carbons (Fsp3) is 0.571. The van der Waals surface area contributed by atoms with Crippen molar-refractivity contribution >= 4 is 11.8 Å². The van der Waals surface area contributed by atoms with E-state index in [1.807, 2.05) is 23.9 Å². The summed E-state index contributed by atoms with van der Waals surface area (Å²) < 4.78 is 5.48. The average Bonchev–Trinajstić information content (AvgIpc) is 2.40. The molecule has 1 saturated heterocycles. The highest BCUT2D eigenvalue weighted by molar-refractivity contribution is 7.99. The highest BCUT2D eigenvalue weighted by Crippen LogP contribution is 2.32. The lowest BCUT2D eigenvalue weighted by Crippen LogP contribution is -2.43. The first-order valence-corrected chi connectivity index (χ1v) is 7.60. The first-order chi connectivity index (χ1) is 8.74. The van der Waals surface area contributed by atoms with Crippen LogP contribution in [0.3, 0.4) is 0 Å². The molecule has 2 N–H and O–H groups in total. The van der Waals surface area contributed by atoms with Crippen molar-refractivity contribution in [1.82, 2.24) is 4.90 Å². The van der Waals surface area contributed by atoms with Crippen molar-refractivity contribution in [3.05, 3.63) is 29.8 Å². The van der Waals surface area contributed by atoms with E-state index in [2.05, 4.69) is 24.0 Å². The smallest absolute Gasteiger partial charge is 0.123 e. The highest BCUT2D eigenvalue weighted by Gasteiger charge is 2.27. The molecule has 1 aromatic carbocycles. The van der Waals surface area contributed by atoms with Crippen molar-refractivity contribution in [2.45, 2.75) is 19.0 Å². The van der Waals surface area contributed by atoms with Gasteiger partial charge in [-0.05, 0) is 13.0 Å². The van der Waals surface area contributed by atoms with Crippen LogP contribution in [-0.4, -0.2) is 42.6 Å². The maximum Gasteiger partial charge on any atom is 0.123 e. The third kappa shape index (κ3) is 2.99. The molecular formula is C14H22N2OS. The molecule has 1 aromatic rings. The van der Waals surface area contributed by atoms with Gasteiger partial charge in [0.05, 0.1) is 13.2 Å². The number of benzene rings is 1. The van der Waals surface area contributed by atoms with E-state index in [4.69, 9.17) is 10.5 Å². The quantitative estimate of drug-likeness (QED) is 0.906. The standard InChI is InChI=1S/C14H22N2OS/c1-11(15)14(16-7-9-18-10-8-16)12-5-3-4-6-13(12)17-2/h3-6,11,14H,7-10,15H2,1-2H3. The molecule has 0 spiro atoms. The first kappa shape index (κ1) is 13.7. The summed E-state index contributed by atoms with van der Waals surface area (Å²) in [5.41, 5.74) is 7.43. The highest BCUT2D eigenvalue weighted by atomic mass is 32.2. The van der Waals surface area contributed by atoms with E-state index in [-0.39, 0.29) is 12.1 Å². The van der Waals surface area contributed by atoms with E-state index in [1.54, 1.807) is 7.11 Å². The van der Waals surface area contributed by atoms with Gasteiger partial charge in [-0.2, -0.15) is 11.8 Å². The summed E-state index contributed by atoms with van der Waals surface area (Å²) in [4.78, 5) is 2.49. The Morgan fingerprint density at radius 3 is 2.56 bits per heavy atom. The Hall–Kier alpha value is -0.710. The van der Waals surface area contributed by atoms with E-state index >= 15 is 0 Å². The van der Waals surface area contributed by atoms with E-state index < -0.39 is 0 Å². The molecule has 3 nitrogen and oxygen atoms in total. The fourth-order valence-corrected chi connectivity index (χ4v) is 3.51. The number of para-hydroxylation sites is 1. The van der Waals surface area contributed by atoms with Gasteiger partial charge in [0.2, 0.25) is 0 Å². The Balaban J connectivity index is 2.28. The van der Waals surface area contributed by atoms with Crippen molar-refractivity contribution in [3.8, 4) is 5.75 Å². The lowest BCUT2D eigenvalue weighted by molar-refractivity contribution is 0.191. The van der Waals surface area contributed by atoms with Crippen LogP contribution in [0.15, 0.2) is 24.3 Å². The van der Waals surface area contributed by atoms with Crippen LogP contribution < -0.4 is 10.5 Å². The molecule has 0 bridgehead atoms. The minimum absolute atomic E-state index is 0.101. The Morgan fingerprint density at radius 2 is 1.94 bits per heavy atom. The van der Waals surface area contributed by atoms with Crippen molar-refractivity contribution in [2.75, 3.05) is 31.7 Å². The molecule has 2 unspecified atom stereocenters. The zero-order chi connectivity index (χ0) is 13.0. The minimum Gasteiger partial charge on any atom is -0.496 e. The third-order valence-corrected chi connectivity index (χ3v) is 4.34. The SMILES string of the molecule is COc1ccccc1C(C(C)N)N1CCSCC1. The topological polar surface area (TPSA) is 38.5 Å². The predicted molar refractivity (Wildman–Crippen MR) is 78.3 cm³/mol. The molecule has 0 radical (unpaired) electrons. The van der Waals surface area contributed by atoms with E-state index in [1.165, 1.54) is 17.1 Å². The van der Waals surface area contributed by atoms with Crippen LogP contribution in [0.4, 0.5) is 0 Å². The maximum absolute atomic E-state index is 6.22. The summed E-state index contributed by atoms with van der Waals surface area (Å²) in [5, 5.41) is 0. The van der Waals surface area contributed by atoms with Gasteiger partial charge in [-0.1, -0.05) is 18.2 Å². The molecule has 0 amide bonds. The van der Waals surface area contributed by atoms with Gasteiger partial charge in [0.15, 0.2) is 0 Å². The van der Waals surface area contributed by atoms with Gasteiger partial charge in [-0.15, -0.1) is 0 Å². The third-order valence-electron chi connectivity index (χ3n) is 3.39. The van der Waals surface area contributed by atoms with E-state index in [0.717, 1.165) is 18.8 Å². The van der Waals surface area contributed by atoms with Crippen LogP contribution >= 0.6 is 11.8 Å². The second kappa shape index (κ2) is 6.45. The second-order valence-corrected chi connectivity index (χ2v) is 5.92. The first-order valence-electron chi connectivity index (χ1n) is 6.44. The normalized spacial score (nSPS) is 20.4. The zero-order valence-corrected chi connectivity index (χ0v) is 12.0. The number of nitrogens with two attached hydrogens (primary N) is 1. The summed E-state index contributed by atoms with van der Waals surface area (Å²) in [6.07, 6.45) is 0. The fourth-order valence-electron chi connectivity index (χ4n) is 2.58. The van der Waals surface area contributed by atoms with Gasteiger partial charge in [0.25, 0.3) is 0 Å². The number of rotatable bonds is 4. The Kier molecular flexibility index (Phi) is 4.92. The van der Waals surface area contributed by atoms with Crippen LogP contribution in [0, 0.1) is 0 Å². The number of thioether (sulfide) groups is 1. The van der Waals surface area contributed by atoms with Gasteiger partial charge in [0.1, 0.15) is 5.75 Å². The molecule has 0 saturated carbocycles. The second-order valence-electron chi connectivity index (χ2n) is 4.69.